The van der Waals surface area contributed by atoms with Gasteiger partial charge in [-0.1, -0.05) is 24.3 Å². The van der Waals surface area contributed by atoms with E-state index in [-0.39, 0.29) is 16.4 Å². The van der Waals surface area contributed by atoms with Gasteiger partial charge >= 0.3 is 0 Å². The molecule has 2 rings (SSSR count). The first-order valence-corrected chi connectivity index (χ1v) is 7.94. The number of sulfone groups is 1. The fraction of sp³-hybridized carbons (Fsp3) is 0.250. The fourth-order valence-electron chi connectivity index (χ4n) is 2.41. The normalized spacial score (nSPS) is 11.2. The van der Waals surface area contributed by atoms with Crippen molar-refractivity contribution < 1.29 is 17.9 Å². The van der Waals surface area contributed by atoms with Crippen LogP contribution in [0.5, 0.6) is 11.5 Å². The third-order valence-corrected chi connectivity index (χ3v) is 5.45. The van der Waals surface area contributed by atoms with Crippen LogP contribution >= 0.6 is 0 Å². The van der Waals surface area contributed by atoms with Gasteiger partial charge in [-0.05, 0) is 37.1 Å². The Kier molecular flexibility index (Phi) is 4.23. The van der Waals surface area contributed by atoms with Gasteiger partial charge in [-0.3, -0.25) is 0 Å². The summed E-state index contributed by atoms with van der Waals surface area (Å²) in [6, 6.07) is 10.3. The van der Waals surface area contributed by atoms with E-state index in [2.05, 4.69) is 0 Å². The van der Waals surface area contributed by atoms with Crippen molar-refractivity contribution in [1.82, 2.24) is 0 Å². The van der Waals surface area contributed by atoms with E-state index in [1.54, 1.807) is 44.2 Å². The average Bonchev–Trinajstić information content (AvgIpc) is 2.45. The van der Waals surface area contributed by atoms with E-state index < -0.39 is 9.84 Å². The molecule has 112 valence electrons. The largest absolute Gasteiger partial charge is 0.495 e. The Hall–Kier alpha value is -2.01. The molecule has 0 N–H and O–H groups in total. The Labute approximate surface area is 125 Å². The fourth-order valence-corrected chi connectivity index (χ4v) is 4.43. The number of methoxy groups -OCH3 is 2. The van der Waals surface area contributed by atoms with Crippen molar-refractivity contribution in [3.05, 3.63) is 47.5 Å². The lowest BCUT2D eigenvalue weighted by atomic mass is 10.2. The highest BCUT2D eigenvalue weighted by molar-refractivity contribution is 7.91. The van der Waals surface area contributed by atoms with Crippen LogP contribution in [0.1, 0.15) is 11.1 Å². The first-order valence-electron chi connectivity index (χ1n) is 6.45. The number of benzene rings is 2. The van der Waals surface area contributed by atoms with Crippen molar-refractivity contribution in [2.45, 2.75) is 23.6 Å². The quantitative estimate of drug-likeness (QED) is 0.870. The molecule has 0 heterocycles. The molecule has 5 heteroatoms. The monoisotopic (exact) mass is 306 g/mol. The summed E-state index contributed by atoms with van der Waals surface area (Å²) in [5, 5.41) is 0. The number of rotatable bonds is 4. The van der Waals surface area contributed by atoms with E-state index in [4.69, 9.17) is 9.47 Å². The lowest BCUT2D eigenvalue weighted by Crippen LogP contribution is -2.09. The van der Waals surface area contributed by atoms with Crippen molar-refractivity contribution in [3.8, 4) is 11.5 Å². The Morgan fingerprint density at radius 3 is 1.62 bits per heavy atom. The molecule has 0 atom stereocenters. The molecule has 0 aliphatic heterocycles. The zero-order valence-corrected chi connectivity index (χ0v) is 13.3. The molecule has 0 aliphatic rings. The molecule has 0 saturated carbocycles. The van der Waals surface area contributed by atoms with Crippen LogP contribution in [-0.2, 0) is 9.84 Å². The van der Waals surface area contributed by atoms with Crippen LogP contribution in [0.2, 0.25) is 0 Å². The van der Waals surface area contributed by atoms with Crippen LogP contribution in [0.3, 0.4) is 0 Å². The molecule has 0 saturated heterocycles. The summed E-state index contributed by atoms with van der Waals surface area (Å²) >= 11 is 0. The minimum absolute atomic E-state index is 0.0624. The van der Waals surface area contributed by atoms with Crippen LogP contribution in [0.25, 0.3) is 0 Å². The van der Waals surface area contributed by atoms with E-state index in [0.29, 0.717) is 16.0 Å². The van der Waals surface area contributed by atoms with E-state index in [1.165, 1.54) is 14.2 Å². The van der Waals surface area contributed by atoms with Crippen LogP contribution in [-0.4, -0.2) is 22.6 Å². The first-order chi connectivity index (χ1) is 9.93. The Morgan fingerprint density at radius 2 is 1.19 bits per heavy atom. The Bertz CT molecular complexity index is 721. The topological polar surface area (TPSA) is 52.6 Å². The van der Waals surface area contributed by atoms with E-state index >= 15 is 0 Å². The molecule has 0 radical (unpaired) electrons. The second-order valence-electron chi connectivity index (χ2n) is 4.72. The maximum absolute atomic E-state index is 13.1. The molecule has 0 aromatic heterocycles. The van der Waals surface area contributed by atoms with Gasteiger partial charge in [-0.15, -0.1) is 0 Å². The maximum Gasteiger partial charge on any atom is 0.214 e. The van der Waals surface area contributed by atoms with Gasteiger partial charge in [0.25, 0.3) is 0 Å². The minimum Gasteiger partial charge on any atom is -0.495 e. The number of aryl methyl sites for hydroxylation is 2. The summed E-state index contributed by atoms with van der Waals surface area (Å²) in [5.74, 6) is 0.550. The lowest BCUT2D eigenvalue weighted by molar-refractivity contribution is 0.373. The van der Waals surface area contributed by atoms with Gasteiger partial charge in [0.15, 0.2) is 4.90 Å². The second kappa shape index (κ2) is 5.77. The highest BCUT2D eigenvalue weighted by Gasteiger charge is 2.29. The second-order valence-corrected chi connectivity index (χ2v) is 6.54. The summed E-state index contributed by atoms with van der Waals surface area (Å²) in [6.07, 6.45) is 0. The lowest BCUT2D eigenvalue weighted by Gasteiger charge is -2.16. The van der Waals surface area contributed by atoms with Crippen LogP contribution < -0.4 is 9.47 Å². The molecule has 0 amide bonds. The van der Waals surface area contributed by atoms with Gasteiger partial charge in [-0.2, -0.15) is 0 Å². The predicted octanol–water partition coefficient (Wildman–Crippen LogP) is 3.15. The van der Waals surface area contributed by atoms with Crippen LogP contribution in [0.15, 0.2) is 46.2 Å². The standard InChI is InChI=1S/C16H18O4S/c1-11-7-5-8-12(2)15(11)21(17,18)16-13(19-3)9-6-10-14(16)20-4/h5-10H,1-4H3. The minimum atomic E-state index is -3.74. The molecule has 0 fully saturated rings. The smallest absolute Gasteiger partial charge is 0.214 e. The van der Waals surface area contributed by atoms with E-state index in [1.807, 2.05) is 6.07 Å². The maximum atomic E-state index is 13.1. The Morgan fingerprint density at radius 1 is 0.762 bits per heavy atom. The molecule has 0 bridgehead atoms. The van der Waals surface area contributed by atoms with Gasteiger partial charge in [0.1, 0.15) is 11.5 Å². The summed E-state index contributed by atoms with van der Waals surface area (Å²) < 4.78 is 36.6. The first kappa shape index (κ1) is 15.4. The summed E-state index contributed by atoms with van der Waals surface area (Å²) in [7, 11) is -0.850. The average molecular weight is 306 g/mol. The number of ether oxygens (including phenoxy) is 2. The molecule has 0 aliphatic carbocycles. The molecular formula is C16H18O4S. The number of hydrogen-bond acceptors (Lipinski definition) is 4. The van der Waals surface area contributed by atoms with Gasteiger partial charge in [0.2, 0.25) is 9.84 Å². The highest BCUT2D eigenvalue weighted by Crippen LogP contribution is 2.38. The van der Waals surface area contributed by atoms with Gasteiger partial charge in [0.05, 0.1) is 19.1 Å². The zero-order valence-electron chi connectivity index (χ0n) is 12.5. The summed E-state index contributed by atoms with van der Waals surface area (Å²) in [4.78, 5) is 0.361. The highest BCUT2D eigenvalue weighted by atomic mass is 32.2. The van der Waals surface area contributed by atoms with Gasteiger partial charge in [-0.25, -0.2) is 8.42 Å². The van der Waals surface area contributed by atoms with Crippen molar-refractivity contribution in [3.63, 3.8) is 0 Å². The summed E-state index contributed by atoms with van der Waals surface area (Å²) in [5.41, 5.74) is 1.39. The third-order valence-electron chi connectivity index (χ3n) is 3.33. The van der Waals surface area contributed by atoms with Crippen molar-refractivity contribution in [2.24, 2.45) is 0 Å². The van der Waals surface area contributed by atoms with E-state index in [9.17, 15) is 8.42 Å². The van der Waals surface area contributed by atoms with Crippen LogP contribution in [0.4, 0.5) is 0 Å². The zero-order chi connectivity index (χ0) is 15.6. The Balaban J connectivity index is 2.82. The molecule has 0 spiro atoms. The predicted molar refractivity (Wildman–Crippen MR) is 80.9 cm³/mol. The molecule has 21 heavy (non-hydrogen) atoms. The third kappa shape index (κ3) is 2.61. The van der Waals surface area contributed by atoms with Crippen molar-refractivity contribution >= 4 is 9.84 Å². The van der Waals surface area contributed by atoms with Gasteiger partial charge in [0, 0.05) is 0 Å². The van der Waals surface area contributed by atoms with Gasteiger partial charge < -0.3 is 9.47 Å². The van der Waals surface area contributed by atoms with E-state index in [0.717, 1.165) is 0 Å². The molecule has 0 unspecified atom stereocenters. The van der Waals surface area contributed by atoms with Crippen LogP contribution in [0, 0.1) is 13.8 Å². The molecular weight excluding hydrogens is 288 g/mol. The molecule has 2 aromatic carbocycles. The van der Waals surface area contributed by atoms with Crippen molar-refractivity contribution in [2.75, 3.05) is 14.2 Å². The number of hydrogen-bond donors (Lipinski definition) is 0. The van der Waals surface area contributed by atoms with Crippen molar-refractivity contribution in [1.29, 1.82) is 0 Å². The molecule has 4 nitrogen and oxygen atoms in total. The SMILES string of the molecule is COc1cccc(OC)c1S(=O)(=O)c1c(C)cccc1C. The summed E-state index contributed by atoms with van der Waals surface area (Å²) in [6.45, 7) is 3.56. The molecule has 2 aromatic rings.